The first-order chi connectivity index (χ1) is 8.63. The molecule has 98 valence electrons. The number of hydrogen-bond acceptors (Lipinski definition) is 3. The van der Waals surface area contributed by atoms with Crippen LogP contribution in [-0.2, 0) is 4.79 Å². The van der Waals surface area contributed by atoms with Gasteiger partial charge in [-0.3, -0.25) is 4.79 Å². The van der Waals surface area contributed by atoms with Gasteiger partial charge in [0.05, 0.1) is 4.99 Å². The third-order valence-corrected chi connectivity index (χ3v) is 2.67. The molecule has 0 aromatic heterocycles. The summed E-state index contributed by atoms with van der Waals surface area (Å²) in [5, 5.41) is 0. The van der Waals surface area contributed by atoms with Crippen molar-refractivity contribution in [1.29, 1.82) is 0 Å². The van der Waals surface area contributed by atoms with Gasteiger partial charge in [0.2, 0.25) is 0 Å². The van der Waals surface area contributed by atoms with Gasteiger partial charge in [0, 0.05) is 19.5 Å². The molecule has 4 nitrogen and oxygen atoms in total. The van der Waals surface area contributed by atoms with Crippen LogP contribution in [0.4, 0.5) is 0 Å². The number of hydrogen-bond donors (Lipinski definition) is 1. The van der Waals surface area contributed by atoms with E-state index in [4.69, 9.17) is 22.7 Å². The first-order valence-corrected chi connectivity index (χ1v) is 6.28. The number of para-hydroxylation sites is 1. The highest BCUT2D eigenvalue weighted by Crippen LogP contribution is 2.08. The lowest BCUT2D eigenvalue weighted by atomic mass is 10.3. The summed E-state index contributed by atoms with van der Waals surface area (Å²) >= 11 is 4.80. The Bertz CT molecular complexity index is 395. The van der Waals surface area contributed by atoms with Crippen LogP contribution >= 0.6 is 12.2 Å². The minimum absolute atomic E-state index is 0.0369. The summed E-state index contributed by atoms with van der Waals surface area (Å²) in [6, 6.07) is 9.26. The first-order valence-electron chi connectivity index (χ1n) is 5.87. The van der Waals surface area contributed by atoms with Gasteiger partial charge in [-0.05, 0) is 19.1 Å². The smallest absolute Gasteiger partial charge is 0.260 e. The minimum Gasteiger partial charge on any atom is -0.484 e. The number of likely N-dealkylation sites (N-methyl/N-ethyl adjacent to an activating group) is 1. The number of rotatable bonds is 7. The second-order valence-electron chi connectivity index (χ2n) is 3.79. The van der Waals surface area contributed by atoms with Crippen LogP contribution in [0, 0.1) is 0 Å². The Balaban J connectivity index is 2.40. The molecule has 1 amide bonds. The average Bonchev–Trinajstić information content (AvgIpc) is 2.38. The highest BCUT2D eigenvalue weighted by Gasteiger charge is 2.12. The fourth-order valence-corrected chi connectivity index (χ4v) is 1.55. The average molecular weight is 266 g/mol. The number of carbonyl (C=O) groups is 1. The number of ether oxygens (including phenoxy) is 1. The zero-order valence-electron chi connectivity index (χ0n) is 10.5. The van der Waals surface area contributed by atoms with Gasteiger partial charge in [-0.2, -0.15) is 0 Å². The predicted octanol–water partition coefficient (Wildman–Crippen LogP) is 1.59. The molecule has 0 fully saturated rings. The predicted molar refractivity (Wildman–Crippen MR) is 75.6 cm³/mol. The Morgan fingerprint density at radius 3 is 2.61 bits per heavy atom. The van der Waals surface area contributed by atoms with E-state index in [2.05, 4.69) is 0 Å². The van der Waals surface area contributed by atoms with Crippen molar-refractivity contribution in [2.45, 2.75) is 13.3 Å². The molecule has 0 saturated heterocycles. The van der Waals surface area contributed by atoms with Crippen LogP contribution in [0.15, 0.2) is 30.3 Å². The number of amides is 1. The van der Waals surface area contributed by atoms with Gasteiger partial charge in [0.15, 0.2) is 6.61 Å². The number of carbonyl (C=O) groups excluding carboxylic acids is 1. The maximum absolute atomic E-state index is 11.9. The maximum atomic E-state index is 11.9. The van der Waals surface area contributed by atoms with Crippen molar-refractivity contribution in [2.24, 2.45) is 5.73 Å². The largest absolute Gasteiger partial charge is 0.484 e. The van der Waals surface area contributed by atoms with Crippen LogP contribution in [0.25, 0.3) is 0 Å². The molecule has 0 saturated carbocycles. The zero-order valence-corrected chi connectivity index (χ0v) is 11.3. The Morgan fingerprint density at radius 2 is 2.06 bits per heavy atom. The van der Waals surface area contributed by atoms with Crippen molar-refractivity contribution >= 4 is 23.1 Å². The summed E-state index contributed by atoms with van der Waals surface area (Å²) in [5.74, 6) is 0.633. The van der Waals surface area contributed by atoms with Gasteiger partial charge in [-0.1, -0.05) is 30.4 Å². The summed E-state index contributed by atoms with van der Waals surface area (Å²) in [5.41, 5.74) is 5.42. The minimum atomic E-state index is -0.0578. The second-order valence-corrected chi connectivity index (χ2v) is 4.32. The fourth-order valence-electron chi connectivity index (χ4n) is 1.46. The Labute approximate surface area is 113 Å². The van der Waals surface area contributed by atoms with E-state index in [1.54, 1.807) is 4.90 Å². The van der Waals surface area contributed by atoms with E-state index in [0.717, 1.165) is 0 Å². The molecule has 0 spiro atoms. The van der Waals surface area contributed by atoms with Gasteiger partial charge in [0.25, 0.3) is 5.91 Å². The van der Waals surface area contributed by atoms with E-state index < -0.39 is 0 Å². The summed E-state index contributed by atoms with van der Waals surface area (Å²) in [7, 11) is 0. The third-order valence-electron chi connectivity index (χ3n) is 2.47. The quantitative estimate of drug-likeness (QED) is 0.761. The van der Waals surface area contributed by atoms with Crippen molar-refractivity contribution in [3.8, 4) is 5.75 Å². The standard InChI is InChI=1S/C13H18N2O2S/c1-2-15(9-8-12(14)18)13(16)10-17-11-6-4-3-5-7-11/h3-7H,2,8-10H2,1H3,(H2,14,18). The SMILES string of the molecule is CCN(CCC(N)=S)C(=O)COc1ccccc1. The lowest BCUT2D eigenvalue weighted by molar-refractivity contribution is -0.133. The molecule has 0 aliphatic carbocycles. The lowest BCUT2D eigenvalue weighted by Crippen LogP contribution is -2.36. The first kappa shape index (κ1) is 14.4. The normalized spacial score (nSPS) is 9.83. The molecular weight excluding hydrogens is 248 g/mol. The molecule has 0 unspecified atom stereocenters. The van der Waals surface area contributed by atoms with Crippen LogP contribution < -0.4 is 10.5 Å². The van der Waals surface area contributed by atoms with Crippen LogP contribution in [0.3, 0.4) is 0 Å². The highest BCUT2D eigenvalue weighted by molar-refractivity contribution is 7.80. The fraction of sp³-hybridized carbons (Fsp3) is 0.385. The second kappa shape index (κ2) is 7.66. The molecule has 0 aliphatic rings. The number of thiocarbonyl (C=S) groups is 1. The lowest BCUT2D eigenvalue weighted by Gasteiger charge is -2.20. The molecule has 5 heteroatoms. The number of nitrogens with zero attached hydrogens (tertiary/aromatic N) is 1. The van der Waals surface area contributed by atoms with Crippen molar-refractivity contribution < 1.29 is 9.53 Å². The molecule has 0 heterocycles. The van der Waals surface area contributed by atoms with Crippen LogP contribution in [-0.4, -0.2) is 35.5 Å². The molecule has 0 radical (unpaired) electrons. The van der Waals surface area contributed by atoms with E-state index in [1.165, 1.54) is 0 Å². The van der Waals surface area contributed by atoms with Gasteiger partial charge in [-0.25, -0.2) is 0 Å². The van der Waals surface area contributed by atoms with Crippen molar-refractivity contribution in [3.05, 3.63) is 30.3 Å². The Morgan fingerprint density at radius 1 is 1.39 bits per heavy atom. The van der Waals surface area contributed by atoms with Gasteiger partial charge in [-0.15, -0.1) is 0 Å². The summed E-state index contributed by atoms with van der Waals surface area (Å²) < 4.78 is 5.40. The summed E-state index contributed by atoms with van der Waals surface area (Å²) in [6.45, 7) is 3.12. The number of nitrogens with two attached hydrogens (primary N) is 1. The molecule has 2 N–H and O–H groups in total. The maximum Gasteiger partial charge on any atom is 0.260 e. The molecule has 0 aliphatic heterocycles. The van der Waals surface area contributed by atoms with Gasteiger partial charge in [0.1, 0.15) is 5.75 Å². The van der Waals surface area contributed by atoms with Crippen LogP contribution in [0.5, 0.6) is 5.75 Å². The van der Waals surface area contributed by atoms with E-state index in [-0.39, 0.29) is 12.5 Å². The van der Waals surface area contributed by atoms with E-state index in [9.17, 15) is 4.79 Å². The molecule has 0 bridgehead atoms. The van der Waals surface area contributed by atoms with Crippen molar-refractivity contribution in [2.75, 3.05) is 19.7 Å². The summed E-state index contributed by atoms with van der Waals surface area (Å²) in [4.78, 5) is 14.0. The van der Waals surface area contributed by atoms with Crippen molar-refractivity contribution in [3.63, 3.8) is 0 Å². The third kappa shape index (κ3) is 5.14. The monoisotopic (exact) mass is 266 g/mol. The molecule has 18 heavy (non-hydrogen) atoms. The van der Waals surface area contributed by atoms with E-state index in [1.807, 2.05) is 37.3 Å². The van der Waals surface area contributed by atoms with Crippen molar-refractivity contribution in [1.82, 2.24) is 4.90 Å². The molecule has 1 aromatic rings. The van der Waals surface area contributed by atoms with E-state index >= 15 is 0 Å². The molecule has 1 aromatic carbocycles. The van der Waals surface area contributed by atoms with Gasteiger partial charge < -0.3 is 15.4 Å². The molecule has 0 atom stereocenters. The summed E-state index contributed by atoms with van der Waals surface area (Å²) in [6.07, 6.45) is 0.542. The topological polar surface area (TPSA) is 55.6 Å². The van der Waals surface area contributed by atoms with Crippen LogP contribution in [0.2, 0.25) is 0 Å². The highest BCUT2D eigenvalue weighted by atomic mass is 32.1. The van der Waals surface area contributed by atoms with Crippen LogP contribution in [0.1, 0.15) is 13.3 Å². The zero-order chi connectivity index (χ0) is 13.4. The van der Waals surface area contributed by atoms with E-state index in [0.29, 0.717) is 30.2 Å². The Hall–Kier alpha value is -1.62. The molecular formula is C13H18N2O2S. The molecule has 1 rings (SSSR count). The Kier molecular flexibility index (Phi) is 6.14. The number of benzene rings is 1. The van der Waals surface area contributed by atoms with Gasteiger partial charge >= 0.3 is 0 Å².